The summed E-state index contributed by atoms with van der Waals surface area (Å²) in [6, 6.07) is 14.1. The molecular weight excluding hydrogens is 620 g/mol. The third kappa shape index (κ3) is 13.1. The molecule has 8 heteroatoms. The Bertz CT molecular complexity index is 1440. The van der Waals surface area contributed by atoms with Crippen molar-refractivity contribution >= 4 is 33.5 Å². The van der Waals surface area contributed by atoms with Crippen LogP contribution in [-0.2, 0) is 28.5 Å². The predicted molar refractivity (Wildman–Crippen MR) is 197 cm³/mol. The van der Waals surface area contributed by atoms with Crippen LogP contribution in [0.2, 0.25) is 0 Å². The van der Waals surface area contributed by atoms with E-state index in [1.165, 1.54) is 26.7 Å². The zero-order valence-corrected chi connectivity index (χ0v) is 31.0. The van der Waals surface area contributed by atoms with Crippen LogP contribution in [0.1, 0.15) is 98.5 Å². The summed E-state index contributed by atoms with van der Waals surface area (Å²) in [5.41, 5.74) is 1.07. The maximum absolute atomic E-state index is 12.0. The van der Waals surface area contributed by atoms with E-state index in [1.54, 1.807) is 0 Å². The van der Waals surface area contributed by atoms with E-state index in [9.17, 15) is 9.59 Å². The molecule has 0 saturated heterocycles. The molecule has 0 spiro atoms. The third-order valence-corrected chi connectivity index (χ3v) is 8.97. The Balaban J connectivity index is 1.85. The van der Waals surface area contributed by atoms with E-state index < -0.39 is 12.2 Å². The van der Waals surface area contributed by atoms with Crippen molar-refractivity contribution in [3.63, 3.8) is 0 Å². The van der Waals surface area contributed by atoms with Gasteiger partial charge in [0.1, 0.15) is 24.7 Å². The van der Waals surface area contributed by atoms with Crippen molar-refractivity contribution in [2.24, 2.45) is 11.8 Å². The standard InChI is InChI=1S/C41H60O8/c1-8-12-16-32(10-3)23-44-25-34(48-30(6)42)27-46-40-36-18-14-15-19-37(36)41(39-22-29(5)20-21-38(39)40)47-28-35(49-31(7)43)26-45-24-33(11-4)17-13-9-2/h14-15,18-22,32-35H,8-13,16-17,23-28H2,1-7H3. The number of hydrogen-bond acceptors (Lipinski definition) is 8. The Hall–Kier alpha value is -3.36. The lowest BCUT2D eigenvalue weighted by Crippen LogP contribution is -2.30. The Kier molecular flexibility index (Phi) is 17.7. The van der Waals surface area contributed by atoms with Crippen molar-refractivity contribution in [1.82, 2.24) is 0 Å². The van der Waals surface area contributed by atoms with Crippen LogP contribution in [0.5, 0.6) is 11.5 Å². The minimum atomic E-state index is -0.561. The molecule has 0 amide bonds. The van der Waals surface area contributed by atoms with Crippen LogP contribution in [-0.4, -0.2) is 63.8 Å². The molecule has 0 N–H and O–H groups in total. The van der Waals surface area contributed by atoms with Crippen molar-refractivity contribution in [3.8, 4) is 11.5 Å². The lowest BCUT2D eigenvalue weighted by atomic mass is 9.99. The summed E-state index contributed by atoms with van der Waals surface area (Å²) in [6.07, 6.45) is 7.89. The van der Waals surface area contributed by atoms with Crippen molar-refractivity contribution in [1.29, 1.82) is 0 Å². The van der Waals surface area contributed by atoms with Crippen LogP contribution in [0.4, 0.5) is 0 Å². The van der Waals surface area contributed by atoms with Crippen LogP contribution in [0.3, 0.4) is 0 Å². The van der Waals surface area contributed by atoms with Gasteiger partial charge < -0.3 is 28.4 Å². The number of aryl methyl sites for hydroxylation is 1. The second-order valence-corrected chi connectivity index (χ2v) is 13.2. The van der Waals surface area contributed by atoms with Crippen molar-refractivity contribution < 1.29 is 38.0 Å². The zero-order valence-electron chi connectivity index (χ0n) is 31.0. The number of carbonyl (C=O) groups is 2. The van der Waals surface area contributed by atoms with Crippen molar-refractivity contribution in [3.05, 3.63) is 48.0 Å². The molecule has 8 nitrogen and oxygen atoms in total. The average Bonchev–Trinajstić information content (AvgIpc) is 3.08. The first-order valence-electron chi connectivity index (χ1n) is 18.4. The first-order valence-corrected chi connectivity index (χ1v) is 18.4. The normalized spacial score (nSPS) is 13.9. The maximum atomic E-state index is 12.0. The van der Waals surface area contributed by atoms with Gasteiger partial charge in [0, 0.05) is 48.6 Å². The van der Waals surface area contributed by atoms with Crippen molar-refractivity contribution in [2.45, 2.75) is 112 Å². The predicted octanol–water partition coefficient (Wildman–Crippen LogP) is 9.39. The smallest absolute Gasteiger partial charge is 0.303 e. The summed E-state index contributed by atoms with van der Waals surface area (Å²) in [5, 5.41) is 3.48. The fourth-order valence-electron chi connectivity index (χ4n) is 6.11. The number of hydrogen-bond donors (Lipinski definition) is 0. The Morgan fingerprint density at radius 2 is 1.04 bits per heavy atom. The first kappa shape index (κ1) is 40.1. The fraction of sp³-hybridized carbons (Fsp3) is 0.610. The van der Waals surface area contributed by atoms with E-state index in [-0.39, 0.29) is 38.4 Å². The molecule has 0 aromatic heterocycles. The van der Waals surface area contributed by atoms with Gasteiger partial charge in [0.15, 0.2) is 12.2 Å². The van der Waals surface area contributed by atoms with Gasteiger partial charge in [0.2, 0.25) is 0 Å². The summed E-state index contributed by atoms with van der Waals surface area (Å²) < 4.78 is 36.5. The van der Waals surface area contributed by atoms with Gasteiger partial charge in [-0.3, -0.25) is 9.59 Å². The highest BCUT2D eigenvalue weighted by Crippen LogP contribution is 2.43. The molecule has 49 heavy (non-hydrogen) atoms. The molecule has 0 fully saturated rings. The number of fused-ring (bicyclic) bond motifs is 2. The summed E-state index contributed by atoms with van der Waals surface area (Å²) in [4.78, 5) is 24.1. The van der Waals surface area contributed by atoms with E-state index in [4.69, 9.17) is 28.4 Å². The lowest BCUT2D eigenvalue weighted by Gasteiger charge is -2.23. The highest BCUT2D eigenvalue weighted by molar-refractivity contribution is 6.11. The molecule has 0 radical (unpaired) electrons. The maximum Gasteiger partial charge on any atom is 0.303 e. The molecule has 3 rings (SSSR count). The summed E-state index contributed by atoms with van der Waals surface area (Å²) in [5.74, 6) is 1.58. The SMILES string of the molecule is CCCCC(CC)COCC(COc1c2ccccc2c(OCC(COCC(CC)CCCC)OC(C)=O)c2cc(C)ccc12)OC(C)=O. The second-order valence-electron chi connectivity index (χ2n) is 13.2. The molecule has 3 aromatic rings. The lowest BCUT2D eigenvalue weighted by molar-refractivity contribution is -0.152. The molecule has 4 atom stereocenters. The summed E-state index contributed by atoms with van der Waals surface area (Å²) in [7, 11) is 0. The molecule has 0 aliphatic carbocycles. The van der Waals surface area contributed by atoms with Gasteiger partial charge in [-0.1, -0.05) is 108 Å². The molecule has 0 saturated carbocycles. The third-order valence-electron chi connectivity index (χ3n) is 8.97. The molecule has 4 unspecified atom stereocenters. The van der Waals surface area contributed by atoms with Gasteiger partial charge in [-0.25, -0.2) is 0 Å². The number of rotatable bonds is 24. The van der Waals surface area contributed by atoms with Gasteiger partial charge >= 0.3 is 11.9 Å². The van der Waals surface area contributed by atoms with E-state index >= 15 is 0 Å². The number of unbranched alkanes of at least 4 members (excludes halogenated alkanes) is 2. The van der Waals surface area contributed by atoms with Crippen LogP contribution < -0.4 is 9.47 Å². The topological polar surface area (TPSA) is 89.5 Å². The Morgan fingerprint density at radius 3 is 1.47 bits per heavy atom. The van der Waals surface area contributed by atoms with Gasteiger partial charge in [-0.05, 0) is 37.7 Å². The highest BCUT2D eigenvalue weighted by atomic mass is 16.6. The zero-order chi connectivity index (χ0) is 35.6. The largest absolute Gasteiger partial charge is 0.488 e. The van der Waals surface area contributed by atoms with Gasteiger partial charge in [0.05, 0.1) is 13.2 Å². The summed E-state index contributed by atoms with van der Waals surface area (Å²) in [6.45, 7) is 15.7. The number of esters is 2. The molecule has 3 aromatic carbocycles. The molecule has 0 bridgehead atoms. The molecular formula is C41H60O8. The Morgan fingerprint density at radius 1 is 0.592 bits per heavy atom. The van der Waals surface area contributed by atoms with Crippen LogP contribution in [0.25, 0.3) is 21.5 Å². The van der Waals surface area contributed by atoms with E-state index in [1.807, 2.05) is 43.3 Å². The Labute approximate surface area is 294 Å². The highest BCUT2D eigenvalue weighted by Gasteiger charge is 2.22. The minimum Gasteiger partial charge on any atom is -0.488 e. The van der Waals surface area contributed by atoms with E-state index in [0.717, 1.165) is 65.6 Å². The number of carbonyl (C=O) groups excluding carboxylic acids is 2. The van der Waals surface area contributed by atoms with E-state index in [0.29, 0.717) is 36.5 Å². The van der Waals surface area contributed by atoms with Crippen molar-refractivity contribution in [2.75, 3.05) is 39.6 Å². The van der Waals surface area contributed by atoms with Crippen LogP contribution in [0.15, 0.2) is 42.5 Å². The summed E-state index contributed by atoms with van der Waals surface area (Å²) >= 11 is 0. The van der Waals surface area contributed by atoms with Gasteiger partial charge in [-0.15, -0.1) is 0 Å². The number of benzene rings is 3. The monoisotopic (exact) mass is 680 g/mol. The number of ether oxygens (including phenoxy) is 6. The van der Waals surface area contributed by atoms with Crippen LogP contribution >= 0.6 is 0 Å². The quantitative estimate of drug-likeness (QED) is 0.0683. The molecule has 272 valence electrons. The fourth-order valence-corrected chi connectivity index (χ4v) is 6.11. The van der Waals surface area contributed by atoms with Gasteiger partial charge in [0.25, 0.3) is 0 Å². The average molecular weight is 681 g/mol. The molecule has 0 aliphatic rings. The minimum absolute atomic E-state index is 0.140. The molecule has 0 aliphatic heterocycles. The van der Waals surface area contributed by atoms with Crippen LogP contribution in [0, 0.1) is 18.8 Å². The van der Waals surface area contributed by atoms with Gasteiger partial charge in [-0.2, -0.15) is 0 Å². The van der Waals surface area contributed by atoms with E-state index in [2.05, 4.69) is 33.8 Å². The second kappa shape index (κ2) is 21.7. The first-order chi connectivity index (χ1) is 23.7. The molecule has 0 heterocycles.